The van der Waals surface area contributed by atoms with Crippen LogP contribution in [0.2, 0.25) is 5.02 Å². The summed E-state index contributed by atoms with van der Waals surface area (Å²) in [5.41, 5.74) is 0.447. The zero-order chi connectivity index (χ0) is 13.2. The van der Waals surface area contributed by atoms with Crippen LogP contribution in [0, 0.1) is 0 Å². The molecule has 2 rings (SSSR count). The van der Waals surface area contributed by atoms with E-state index in [0.717, 1.165) is 25.1 Å². The first-order valence-corrected chi connectivity index (χ1v) is 6.65. The largest absolute Gasteiger partial charge is 0.351 e. The molecule has 1 aromatic carbocycles. The molecule has 1 aliphatic rings. The first-order valence-electron chi connectivity index (χ1n) is 6.28. The second-order valence-corrected chi connectivity index (χ2v) is 5.73. The van der Waals surface area contributed by atoms with Crippen LogP contribution in [-0.4, -0.2) is 25.0 Å². The third-order valence-electron chi connectivity index (χ3n) is 3.53. The number of nitrogens with one attached hydrogen (secondary N) is 2. The average molecular weight is 267 g/mol. The number of rotatable bonds is 3. The predicted octanol–water partition coefficient (Wildman–Crippen LogP) is 2.10. The summed E-state index contributed by atoms with van der Waals surface area (Å²) < 4.78 is 0. The number of hydrogen-bond acceptors (Lipinski definition) is 2. The van der Waals surface area contributed by atoms with Crippen molar-refractivity contribution in [1.29, 1.82) is 0 Å². The van der Waals surface area contributed by atoms with Crippen LogP contribution in [0.25, 0.3) is 0 Å². The van der Waals surface area contributed by atoms with Crippen LogP contribution in [0.3, 0.4) is 0 Å². The Kier molecular flexibility index (Phi) is 3.93. The number of benzene rings is 1. The summed E-state index contributed by atoms with van der Waals surface area (Å²) >= 11 is 5.87. The van der Waals surface area contributed by atoms with E-state index in [1.54, 1.807) is 0 Å². The quantitative estimate of drug-likeness (QED) is 0.880. The van der Waals surface area contributed by atoms with Gasteiger partial charge in [0.25, 0.3) is 0 Å². The molecule has 0 aliphatic carbocycles. The van der Waals surface area contributed by atoms with Crippen LogP contribution in [-0.2, 0) is 10.2 Å². The molecular weight excluding hydrogens is 248 g/mol. The molecule has 0 saturated carbocycles. The number of amides is 1. The molecule has 0 spiro atoms. The predicted molar refractivity (Wildman–Crippen MR) is 73.9 cm³/mol. The maximum absolute atomic E-state index is 12.3. The summed E-state index contributed by atoms with van der Waals surface area (Å²) in [6, 6.07) is 7.72. The van der Waals surface area contributed by atoms with E-state index in [4.69, 9.17) is 11.6 Å². The van der Waals surface area contributed by atoms with Crippen molar-refractivity contribution in [2.45, 2.75) is 31.7 Å². The molecule has 1 saturated heterocycles. The second kappa shape index (κ2) is 5.29. The van der Waals surface area contributed by atoms with Crippen LogP contribution in [0.5, 0.6) is 0 Å². The van der Waals surface area contributed by atoms with E-state index < -0.39 is 5.41 Å². The third-order valence-corrected chi connectivity index (χ3v) is 3.78. The van der Waals surface area contributed by atoms with E-state index in [-0.39, 0.29) is 11.9 Å². The molecule has 3 nitrogen and oxygen atoms in total. The minimum atomic E-state index is -0.535. The van der Waals surface area contributed by atoms with Crippen LogP contribution >= 0.6 is 11.6 Å². The maximum atomic E-state index is 12.3. The van der Waals surface area contributed by atoms with Crippen molar-refractivity contribution in [3.63, 3.8) is 0 Å². The lowest BCUT2D eigenvalue weighted by molar-refractivity contribution is -0.126. The van der Waals surface area contributed by atoms with Crippen LogP contribution in [0.15, 0.2) is 24.3 Å². The van der Waals surface area contributed by atoms with Crippen LogP contribution < -0.4 is 10.6 Å². The molecule has 4 heteroatoms. The Balaban J connectivity index is 2.08. The van der Waals surface area contributed by atoms with E-state index in [0.29, 0.717) is 5.02 Å². The van der Waals surface area contributed by atoms with Gasteiger partial charge in [0.1, 0.15) is 0 Å². The summed E-state index contributed by atoms with van der Waals surface area (Å²) in [5, 5.41) is 7.03. The molecule has 1 aliphatic heterocycles. The van der Waals surface area contributed by atoms with Crippen molar-refractivity contribution in [3.8, 4) is 0 Å². The van der Waals surface area contributed by atoms with Crippen LogP contribution in [0.4, 0.5) is 0 Å². The standard InChI is InChI=1S/C14H19ClN2O/c1-14(2,10-3-5-11(15)6-4-10)13(18)17-12-7-8-16-9-12/h3-6,12,16H,7-9H2,1-2H3,(H,17,18). The fourth-order valence-electron chi connectivity index (χ4n) is 2.14. The van der Waals surface area contributed by atoms with Crippen molar-refractivity contribution in [1.82, 2.24) is 10.6 Å². The lowest BCUT2D eigenvalue weighted by Crippen LogP contribution is -2.45. The Hall–Kier alpha value is -1.06. The SMILES string of the molecule is CC(C)(C(=O)NC1CCNC1)c1ccc(Cl)cc1. The Bertz CT molecular complexity index is 422. The normalized spacial score (nSPS) is 19.8. The van der Waals surface area contributed by atoms with Crippen molar-refractivity contribution in [2.75, 3.05) is 13.1 Å². The smallest absolute Gasteiger partial charge is 0.230 e. The van der Waals surface area contributed by atoms with Gasteiger partial charge in [-0.15, -0.1) is 0 Å². The molecular formula is C14H19ClN2O. The first kappa shape index (κ1) is 13.4. The molecule has 1 heterocycles. The highest BCUT2D eigenvalue weighted by atomic mass is 35.5. The summed E-state index contributed by atoms with van der Waals surface area (Å²) in [4.78, 5) is 12.3. The van der Waals surface area contributed by atoms with E-state index in [9.17, 15) is 4.79 Å². The molecule has 0 radical (unpaired) electrons. The van der Waals surface area contributed by atoms with Gasteiger partial charge in [0, 0.05) is 17.6 Å². The number of carbonyl (C=O) groups is 1. The monoisotopic (exact) mass is 266 g/mol. The molecule has 1 amide bonds. The second-order valence-electron chi connectivity index (χ2n) is 5.30. The van der Waals surface area contributed by atoms with E-state index >= 15 is 0 Å². The summed E-state index contributed by atoms with van der Waals surface area (Å²) in [6.07, 6.45) is 1.00. The number of halogens is 1. The van der Waals surface area contributed by atoms with Gasteiger partial charge in [-0.3, -0.25) is 4.79 Å². The van der Waals surface area contributed by atoms with E-state index in [2.05, 4.69) is 10.6 Å². The Labute approximate surface area is 113 Å². The van der Waals surface area contributed by atoms with Gasteiger partial charge in [0.05, 0.1) is 5.41 Å². The topological polar surface area (TPSA) is 41.1 Å². The Morgan fingerprint density at radius 1 is 1.39 bits per heavy atom. The number of carbonyl (C=O) groups excluding carboxylic acids is 1. The zero-order valence-corrected chi connectivity index (χ0v) is 11.6. The van der Waals surface area contributed by atoms with Gasteiger partial charge < -0.3 is 10.6 Å². The van der Waals surface area contributed by atoms with Crippen molar-refractivity contribution in [2.24, 2.45) is 0 Å². The minimum Gasteiger partial charge on any atom is -0.351 e. The van der Waals surface area contributed by atoms with Gasteiger partial charge in [-0.25, -0.2) is 0 Å². The maximum Gasteiger partial charge on any atom is 0.230 e. The molecule has 0 bridgehead atoms. The molecule has 1 aromatic rings. The van der Waals surface area contributed by atoms with E-state index in [1.807, 2.05) is 38.1 Å². The molecule has 18 heavy (non-hydrogen) atoms. The third kappa shape index (κ3) is 2.85. The minimum absolute atomic E-state index is 0.0681. The molecule has 2 N–H and O–H groups in total. The highest BCUT2D eigenvalue weighted by Gasteiger charge is 2.31. The summed E-state index contributed by atoms with van der Waals surface area (Å²) in [5.74, 6) is 0.0681. The fourth-order valence-corrected chi connectivity index (χ4v) is 2.27. The number of hydrogen-bond donors (Lipinski definition) is 2. The first-order chi connectivity index (χ1) is 8.50. The van der Waals surface area contributed by atoms with E-state index in [1.165, 1.54) is 0 Å². The lowest BCUT2D eigenvalue weighted by Gasteiger charge is -2.26. The average Bonchev–Trinajstić information content (AvgIpc) is 2.82. The lowest BCUT2D eigenvalue weighted by atomic mass is 9.83. The van der Waals surface area contributed by atoms with Gasteiger partial charge >= 0.3 is 0 Å². The highest BCUT2D eigenvalue weighted by Crippen LogP contribution is 2.25. The highest BCUT2D eigenvalue weighted by molar-refractivity contribution is 6.30. The summed E-state index contributed by atoms with van der Waals surface area (Å²) in [6.45, 7) is 5.72. The molecule has 0 aromatic heterocycles. The fraction of sp³-hybridized carbons (Fsp3) is 0.500. The Morgan fingerprint density at radius 3 is 2.61 bits per heavy atom. The van der Waals surface area contributed by atoms with Gasteiger partial charge in [0.15, 0.2) is 0 Å². The van der Waals surface area contributed by atoms with Gasteiger partial charge in [-0.1, -0.05) is 23.7 Å². The Morgan fingerprint density at radius 2 is 2.06 bits per heavy atom. The van der Waals surface area contributed by atoms with Gasteiger partial charge in [-0.05, 0) is 44.5 Å². The summed E-state index contributed by atoms with van der Waals surface area (Å²) in [7, 11) is 0. The molecule has 1 atom stereocenters. The van der Waals surface area contributed by atoms with Crippen molar-refractivity contribution < 1.29 is 4.79 Å². The van der Waals surface area contributed by atoms with Gasteiger partial charge in [0.2, 0.25) is 5.91 Å². The van der Waals surface area contributed by atoms with Gasteiger partial charge in [-0.2, -0.15) is 0 Å². The van der Waals surface area contributed by atoms with Crippen LogP contribution in [0.1, 0.15) is 25.8 Å². The molecule has 1 unspecified atom stereocenters. The van der Waals surface area contributed by atoms with Crippen molar-refractivity contribution >= 4 is 17.5 Å². The molecule has 1 fully saturated rings. The van der Waals surface area contributed by atoms with Crippen molar-refractivity contribution in [3.05, 3.63) is 34.9 Å². The zero-order valence-electron chi connectivity index (χ0n) is 10.8. The molecule has 98 valence electrons.